The van der Waals surface area contributed by atoms with E-state index in [9.17, 15) is 9.90 Å². The van der Waals surface area contributed by atoms with Crippen LogP contribution in [-0.2, 0) is 5.60 Å². The first-order chi connectivity index (χ1) is 17.1. The second-order valence-corrected chi connectivity index (χ2v) is 9.34. The number of pyridine rings is 2. The maximum absolute atomic E-state index is 13.1. The SMILES string of the molecule is COc1cccnc1C1(O)CCN(C(=O)c2ccc(NSc3cccc4cccnc34)cc2)CC1. The summed E-state index contributed by atoms with van der Waals surface area (Å²) in [5.74, 6) is 0.521. The zero-order valence-corrected chi connectivity index (χ0v) is 20.2. The number of hydrogen-bond donors (Lipinski definition) is 2. The summed E-state index contributed by atoms with van der Waals surface area (Å²) in [6.07, 6.45) is 4.25. The van der Waals surface area contributed by atoms with Crippen LogP contribution in [0.25, 0.3) is 10.9 Å². The quantitative estimate of drug-likeness (QED) is 0.376. The molecule has 3 heterocycles. The van der Waals surface area contributed by atoms with Crippen molar-refractivity contribution in [3.05, 3.63) is 90.4 Å². The molecule has 1 fully saturated rings. The number of carbonyl (C=O) groups is 1. The summed E-state index contributed by atoms with van der Waals surface area (Å²) >= 11 is 1.49. The van der Waals surface area contributed by atoms with Crippen molar-refractivity contribution in [2.75, 3.05) is 24.9 Å². The van der Waals surface area contributed by atoms with Gasteiger partial charge in [-0.1, -0.05) is 18.2 Å². The van der Waals surface area contributed by atoms with E-state index in [1.165, 1.54) is 11.9 Å². The number of likely N-dealkylation sites (tertiary alicyclic amines) is 1. The molecule has 1 saturated heterocycles. The van der Waals surface area contributed by atoms with Crippen LogP contribution in [0.1, 0.15) is 28.9 Å². The van der Waals surface area contributed by atoms with Gasteiger partial charge in [-0.05, 0) is 73.3 Å². The van der Waals surface area contributed by atoms with Gasteiger partial charge < -0.3 is 19.5 Å². The first-order valence-electron chi connectivity index (χ1n) is 11.5. The Morgan fingerprint density at radius 3 is 2.49 bits per heavy atom. The summed E-state index contributed by atoms with van der Waals surface area (Å²) in [6, 6.07) is 21.1. The number of anilines is 1. The van der Waals surface area contributed by atoms with E-state index in [0.29, 0.717) is 42.9 Å². The monoisotopic (exact) mass is 486 g/mol. The van der Waals surface area contributed by atoms with Gasteiger partial charge in [-0.25, -0.2) is 0 Å². The minimum absolute atomic E-state index is 0.0440. The molecule has 1 aliphatic rings. The zero-order valence-electron chi connectivity index (χ0n) is 19.3. The fourth-order valence-electron chi connectivity index (χ4n) is 4.36. The van der Waals surface area contributed by atoms with E-state index in [2.05, 4.69) is 14.7 Å². The number of amides is 1. The third-order valence-electron chi connectivity index (χ3n) is 6.32. The van der Waals surface area contributed by atoms with Crippen LogP contribution >= 0.6 is 11.9 Å². The number of piperidine rings is 1. The summed E-state index contributed by atoms with van der Waals surface area (Å²) in [7, 11) is 1.57. The van der Waals surface area contributed by atoms with Crippen molar-refractivity contribution in [2.24, 2.45) is 0 Å². The van der Waals surface area contributed by atoms with Crippen LogP contribution in [0.5, 0.6) is 5.75 Å². The van der Waals surface area contributed by atoms with Crippen molar-refractivity contribution in [3.8, 4) is 5.75 Å². The molecule has 0 atom stereocenters. The molecule has 0 unspecified atom stereocenters. The Bertz CT molecular complexity index is 1330. The highest BCUT2D eigenvalue weighted by molar-refractivity contribution is 8.00. The van der Waals surface area contributed by atoms with Crippen LogP contribution in [0.2, 0.25) is 0 Å². The Kier molecular flexibility index (Phi) is 6.57. The van der Waals surface area contributed by atoms with E-state index in [1.54, 1.807) is 36.5 Å². The fraction of sp³-hybridized carbons (Fsp3) is 0.222. The number of nitrogens with one attached hydrogen (secondary N) is 1. The average Bonchev–Trinajstić information content (AvgIpc) is 2.92. The molecule has 5 rings (SSSR count). The number of aliphatic hydroxyl groups is 1. The predicted molar refractivity (Wildman–Crippen MR) is 137 cm³/mol. The standard InChI is InChI=1S/C27H26N4O3S/c1-34-22-7-4-16-29-25(22)27(33)13-17-31(18-14-27)26(32)20-9-11-21(12-10-20)30-35-23-8-2-5-19-6-3-15-28-24(19)23/h2-12,15-16,30,33H,13-14,17-18H2,1H3. The maximum atomic E-state index is 13.1. The number of fused-ring (bicyclic) bond motifs is 1. The number of ether oxygens (including phenoxy) is 1. The molecule has 0 spiro atoms. The van der Waals surface area contributed by atoms with Crippen molar-refractivity contribution in [1.29, 1.82) is 0 Å². The Balaban J connectivity index is 1.21. The molecule has 0 bridgehead atoms. The highest BCUT2D eigenvalue weighted by Gasteiger charge is 2.38. The molecule has 2 aromatic heterocycles. The van der Waals surface area contributed by atoms with Gasteiger partial charge in [-0.2, -0.15) is 0 Å². The lowest BCUT2D eigenvalue weighted by atomic mass is 9.87. The van der Waals surface area contributed by atoms with E-state index in [1.807, 2.05) is 54.6 Å². The van der Waals surface area contributed by atoms with Gasteiger partial charge in [0.2, 0.25) is 0 Å². The molecule has 4 aromatic rings. The summed E-state index contributed by atoms with van der Waals surface area (Å²) in [5, 5.41) is 12.3. The van der Waals surface area contributed by atoms with E-state index in [0.717, 1.165) is 21.5 Å². The lowest BCUT2D eigenvalue weighted by Gasteiger charge is -2.38. The summed E-state index contributed by atoms with van der Waals surface area (Å²) in [5.41, 5.74) is 1.89. The number of rotatable bonds is 6. The summed E-state index contributed by atoms with van der Waals surface area (Å²) < 4.78 is 8.71. The number of hydrogen-bond acceptors (Lipinski definition) is 7. The average molecular weight is 487 g/mol. The van der Waals surface area contributed by atoms with E-state index in [4.69, 9.17) is 4.74 Å². The molecule has 1 aliphatic heterocycles. The summed E-state index contributed by atoms with van der Waals surface area (Å²) in [4.78, 5) is 24.7. The molecule has 7 nitrogen and oxygen atoms in total. The third kappa shape index (κ3) is 4.80. The van der Waals surface area contributed by atoms with Gasteiger partial charge in [-0.15, -0.1) is 0 Å². The molecular weight excluding hydrogens is 460 g/mol. The van der Waals surface area contributed by atoms with Crippen LogP contribution in [0.15, 0.2) is 84.0 Å². The summed E-state index contributed by atoms with van der Waals surface area (Å²) in [6.45, 7) is 0.887. The topological polar surface area (TPSA) is 87.6 Å². The molecule has 2 aromatic carbocycles. The van der Waals surface area contributed by atoms with Crippen LogP contribution in [0, 0.1) is 0 Å². The molecule has 35 heavy (non-hydrogen) atoms. The first kappa shape index (κ1) is 23.1. The van der Waals surface area contributed by atoms with Gasteiger partial charge in [0.1, 0.15) is 17.0 Å². The van der Waals surface area contributed by atoms with Crippen molar-refractivity contribution in [2.45, 2.75) is 23.3 Å². The highest BCUT2D eigenvalue weighted by atomic mass is 32.2. The van der Waals surface area contributed by atoms with Crippen molar-refractivity contribution >= 4 is 34.4 Å². The van der Waals surface area contributed by atoms with Gasteiger partial charge in [0.15, 0.2) is 0 Å². The number of benzene rings is 2. The molecule has 1 amide bonds. The lowest BCUT2D eigenvalue weighted by molar-refractivity contribution is -0.0260. The van der Waals surface area contributed by atoms with Gasteiger partial charge in [0.05, 0.1) is 17.5 Å². The second-order valence-electron chi connectivity index (χ2n) is 8.49. The Morgan fingerprint density at radius 1 is 1.00 bits per heavy atom. The highest BCUT2D eigenvalue weighted by Crippen LogP contribution is 2.37. The number of carbonyl (C=O) groups excluding carboxylic acids is 1. The Labute approximate surface area is 208 Å². The minimum atomic E-state index is -1.11. The van der Waals surface area contributed by atoms with E-state index < -0.39 is 5.60 Å². The van der Waals surface area contributed by atoms with Crippen LogP contribution in [-0.4, -0.2) is 46.1 Å². The van der Waals surface area contributed by atoms with Crippen molar-refractivity contribution < 1.29 is 14.6 Å². The molecular formula is C27H26N4O3S. The zero-order chi connectivity index (χ0) is 24.3. The van der Waals surface area contributed by atoms with Crippen LogP contribution in [0.3, 0.4) is 0 Å². The Hall–Kier alpha value is -3.62. The molecule has 2 N–H and O–H groups in total. The minimum Gasteiger partial charge on any atom is -0.495 e. The lowest BCUT2D eigenvalue weighted by Crippen LogP contribution is -2.45. The number of nitrogens with zero attached hydrogens (tertiary/aromatic N) is 3. The molecule has 0 radical (unpaired) electrons. The number of aromatic nitrogens is 2. The molecule has 0 saturated carbocycles. The Morgan fingerprint density at radius 2 is 1.71 bits per heavy atom. The molecule has 0 aliphatic carbocycles. The predicted octanol–water partition coefficient (Wildman–Crippen LogP) is 4.88. The largest absolute Gasteiger partial charge is 0.495 e. The fourth-order valence-corrected chi connectivity index (χ4v) is 5.13. The van der Waals surface area contributed by atoms with Gasteiger partial charge >= 0.3 is 0 Å². The number of methoxy groups -OCH3 is 1. The van der Waals surface area contributed by atoms with Crippen molar-refractivity contribution in [1.82, 2.24) is 14.9 Å². The normalized spacial score (nSPS) is 15.1. The van der Waals surface area contributed by atoms with Gasteiger partial charge in [-0.3, -0.25) is 14.8 Å². The first-order valence-corrected chi connectivity index (χ1v) is 12.3. The van der Waals surface area contributed by atoms with E-state index in [-0.39, 0.29) is 5.91 Å². The second kappa shape index (κ2) is 9.93. The molecule has 178 valence electrons. The third-order valence-corrected chi connectivity index (χ3v) is 7.20. The number of para-hydroxylation sites is 1. The van der Waals surface area contributed by atoms with Gasteiger partial charge in [0.25, 0.3) is 5.91 Å². The molecule has 8 heteroatoms. The smallest absolute Gasteiger partial charge is 0.253 e. The van der Waals surface area contributed by atoms with E-state index >= 15 is 0 Å². The van der Waals surface area contributed by atoms with Crippen LogP contribution in [0.4, 0.5) is 5.69 Å². The maximum Gasteiger partial charge on any atom is 0.253 e. The van der Waals surface area contributed by atoms with Crippen LogP contribution < -0.4 is 9.46 Å². The van der Waals surface area contributed by atoms with Gasteiger partial charge in [0, 0.05) is 42.1 Å². The van der Waals surface area contributed by atoms with Crippen molar-refractivity contribution in [3.63, 3.8) is 0 Å².